The van der Waals surface area contributed by atoms with Crippen LogP contribution in [-0.4, -0.2) is 63.3 Å². The number of fused-ring (bicyclic) bond motifs is 1. The quantitative estimate of drug-likeness (QED) is 0.632. The van der Waals surface area contributed by atoms with E-state index in [0.29, 0.717) is 37.5 Å². The number of phenols is 1. The van der Waals surface area contributed by atoms with Gasteiger partial charge in [-0.2, -0.15) is 0 Å². The summed E-state index contributed by atoms with van der Waals surface area (Å²) < 4.78 is 14.6. The molecule has 3 aromatic rings. The zero-order chi connectivity index (χ0) is 23.9. The molecule has 0 spiro atoms. The van der Waals surface area contributed by atoms with Gasteiger partial charge in [0, 0.05) is 31.6 Å². The van der Waals surface area contributed by atoms with Gasteiger partial charge in [0.05, 0.1) is 11.1 Å². The van der Waals surface area contributed by atoms with Crippen molar-refractivity contribution in [3.63, 3.8) is 0 Å². The highest BCUT2D eigenvalue weighted by atomic mass is 19.1. The molecule has 7 nitrogen and oxygen atoms in total. The molecule has 2 N–H and O–H groups in total. The monoisotopic (exact) mass is 452 g/mol. The molecule has 8 heteroatoms. The predicted octanol–water partition coefficient (Wildman–Crippen LogP) is 3.51. The van der Waals surface area contributed by atoms with E-state index in [0.717, 1.165) is 10.9 Å². The van der Waals surface area contributed by atoms with E-state index in [2.05, 4.69) is 9.97 Å². The van der Waals surface area contributed by atoms with Crippen molar-refractivity contribution in [1.82, 2.24) is 14.9 Å². The fourth-order valence-corrected chi connectivity index (χ4v) is 3.99. The molecule has 1 saturated heterocycles. The maximum atomic E-state index is 14.6. The van der Waals surface area contributed by atoms with Gasteiger partial charge in [-0.1, -0.05) is 32.9 Å². The first-order valence-electron chi connectivity index (χ1n) is 11.0. The summed E-state index contributed by atoms with van der Waals surface area (Å²) in [5, 5.41) is 21.5. The number of nitrogens with zero attached hydrogens (tertiary/aromatic N) is 4. The minimum Gasteiger partial charge on any atom is -0.507 e. The third-order valence-corrected chi connectivity index (χ3v) is 5.99. The number of carbonyl (C=O) groups excluding carboxylic acids is 1. The molecule has 0 radical (unpaired) electrons. The Hall–Kier alpha value is -3.26. The van der Waals surface area contributed by atoms with E-state index in [-0.39, 0.29) is 23.0 Å². The first-order valence-corrected chi connectivity index (χ1v) is 11.0. The van der Waals surface area contributed by atoms with Gasteiger partial charge < -0.3 is 20.0 Å². The Bertz CT molecular complexity index is 1180. The highest BCUT2D eigenvalue weighted by Gasteiger charge is 2.34. The van der Waals surface area contributed by atoms with Crippen LogP contribution in [0.4, 0.5) is 10.2 Å². The lowest BCUT2D eigenvalue weighted by Gasteiger charge is -2.38. The lowest BCUT2D eigenvalue weighted by molar-refractivity contribution is -0.146. The van der Waals surface area contributed by atoms with Crippen LogP contribution in [0.1, 0.15) is 26.3 Å². The molecule has 2 aromatic carbocycles. The SMILES string of the molecule is Cc1ccc2c(N3CCN(C(=O)C(O)C(C)(C)C)CC3)nc(-c3c(O)cccc3F)nc2c1. The van der Waals surface area contributed by atoms with Crippen LogP contribution in [0, 0.1) is 18.2 Å². The average molecular weight is 453 g/mol. The van der Waals surface area contributed by atoms with Crippen LogP contribution in [0.15, 0.2) is 36.4 Å². The van der Waals surface area contributed by atoms with Gasteiger partial charge in [-0.3, -0.25) is 4.79 Å². The van der Waals surface area contributed by atoms with Crippen molar-refractivity contribution in [3.05, 3.63) is 47.8 Å². The third-order valence-electron chi connectivity index (χ3n) is 5.99. The van der Waals surface area contributed by atoms with Crippen LogP contribution < -0.4 is 4.90 Å². The smallest absolute Gasteiger partial charge is 0.252 e. The number of amides is 1. The second-order valence-corrected chi connectivity index (χ2v) is 9.61. The number of hydrogen-bond donors (Lipinski definition) is 2. The van der Waals surface area contributed by atoms with E-state index in [1.54, 1.807) is 4.90 Å². The first kappa shape index (κ1) is 22.9. The molecule has 1 aliphatic rings. The van der Waals surface area contributed by atoms with E-state index < -0.39 is 17.3 Å². The predicted molar refractivity (Wildman–Crippen MR) is 126 cm³/mol. The molecule has 2 heterocycles. The maximum absolute atomic E-state index is 14.6. The van der Waals surface area contributed by atoms with Crippen molar-refractivity contribution in [2.24, 2.45) is 5.41 Å². The molecular weight excluding hydrogens is 423 g/mol. The summed E-state index contributed by atoms with van der Waals surface area (Å²) in [6, 6.07) is 9.92. The summed E-state index contributed by atoms with van der Waals surface area (Å²) in [7, 11) is 0. The molecule has 4 rings (SSSR count). The zero-order valence-corrected chi connectivity index (χ0v) is 19.3. The normalized spacial score (nSPS) is 15.7. The number of aliphatic hydroxyl groups excluding tert-OH is 1. The van der Waals surface area contributed by atoms with E-state index in [1.807, 2.05) is 50.8 Å². The van der Waals surface area contributed by atoms with Gasteiger partial charge in [-0.25, -0.2) is 14.4 Å². The largest absolute Gasteiger partial charge is 0.507 e. The Morgan fingerprint density at radius 2 is 1.79 bits per heavy atom. The fraction of sp³-hybridized carbons (Fsp3) is 0.400. The van der Waals surface area contributed by atoms with Crippen LogP contribution in [0.3, 0.4) is 0 Å². The van der Waals surface area contributed by atoms with Crippen LogP contribution in [0.25, 0.3) is 22.3 Å². The van der Waals surface area contributed by atoms with Crippen LogP contribution in [0.5, 0.6) is 5.75 Å². The van der Waals surface area contributed by atoms with Gasteiger partial charge in [0.2, 0.25) is 0 Å². The minimum atomic E-state index is -1.07. The molecule has 1 aromatic heterocycles. The molecule has 1 unspecified atom stereocenters. The van der Waals surface area contributed by atoms with Gasteiger partial charge in [-0.15, -0.1) is 0 Å². The highest BCUT2D eigenvalue weighted by Crippen LogP contribution is 2.34. The van der Waals surface area contributed by atoms with E-state index in [1.165, 1.54) is 18.2 Å². The van der Waals surface area contributed by atoms with Gasteiger partial charge in [-0.05, 0) is 42.2 Å². The molecule has 0 aliphatic carbocycles. The number of aryl methyl sites for hydroxylation is 1. The Labute approximate surface area is 192 Å². The van der Waals surface area contributed by atoms with E-state index >= 15 is 0 Å². The summed E-state index contributed by atoms with van der Waals surface area (Å²) in [5.41, 5.74) is 1.08. The van der Waals surface area contributed by atoms with Crippen molar-refractivity contribution in [2.75, 3.05) is 31.1 Å². The van der Waals surface area contributed by atoms with Crippen molar-refractivity contribution in [3.8, 4) is 17.1 Å². The number of aromatic hydroxyl groups is 1. The topological polar surface area (TPSA) is 89.8 Å². The Morgan fingerprint density at radius 1 is 1.09 bits per heavy atom. The number of carbonyl (C=O) groups is 1. The highest BCUT2D eigenvalue weighted by molar-refractivity contribution is 5.92. The van der Waals surface area contributed by atoms with Crippen LogP contribution in [0.2, 0.25) is 0 Å². The van der Waals surface area contributed by atoms with Crippen molar-refractivity contribution in [2.45, 2.75) is 33.8 Å². The number of rotatable bonds is 3. The second-order valence-electron chi connectivity index (χ2n) is 9.61. The number of benzene rings is 2. The first-order chi connectivity index (χ1) is 15.6. The molecule has 1 amide bonds. The second kappa shape index (κ2) is 8.59. The number of aliphatic hydroxyl groups is 1. The molecule has 33 heavy (non-hydrogen) atoms. The van der Waals surface area contributed by atoms with Crippen LogP contribution in [-0.2, 0) is 4.79 Å². The van der Waals surface area contributed by atoms with Gasteiger partial charge in [0.1, 0.15) is 23.5 Å². The molecule has 0 saturated carbocycles. The molecule has 1 fully saturated rings. The molecular formula is C25H29FN4O3. The van der Waals surface area contributed by atoms with E-state index in [9.17, 15) is 19.4 Å². The summed E-state index contributed by atoms with van der Waals surface area (Å²) >= 11 is 0. The molecule has 1 atom stereocenters. The molecule has 174 valence electrons. The van der Waals surface area contributed by atoms with Gasteiger partial charge in [0.25, 0.3) is 5.91 Å². The molecule has 0 bridgehead atoms. The average Bonchev–Trinajstić information content (AvgIpc) is 2.76. The summed E-state index contributed by atoms with van der Waals surface area (Å²) in [5.74, 6) is -0.358. The Morgan fingerprint density at radius 3 is 2.42 bits per heavy atom. The number of aromatic nitrogens is 2. The minimum absolute atomic E-state index is 0.0377. The number of anilines is 1. The van der Waals surface area contributed by atoms with Crippen LogP contribution >= 0.6 is 0 Å². The number of hydrogen-bond acceptors (Lipinski definition) is 6. The van der Waals surface area contributed by atoms with E-state index in [4.69, 9.17) is 0 Å². The van der Waals surface area contributed by atoms with Crippen molar-refractivity contribution >= 4 is 22.6 Å². The zero-order valence-electron chi connectivity index (χ0n) is 19.3. The number of halogens is 1. The lowest BCUT2D eigenvalue weighted by atomic mass is 9.88. The van der Waals surface area contributed by atoms with Gasteiger partial charge >= 0.3 is 0 Å². The lowest BCUT2D eigenvalue weighted by Crippen LogP contribution is -2.53. The fourth-order valence-electron chi connectivity index (χ4n) is 3.99. The standard InChI is InChI=1S/C25H29FN4O3/c1-15-8-9-16-18(14-15)27-22(20-17(26)6-5-7-19(20)31)28-23(16)29-10-12-30(13-11-29)24(33)21(32)25(2,3)4/h5-9,14,21,31-32H,10-13H2,1-4H3. The van der Waals surface area contributed by atoms with Crippen molar-refractivity contribution < 1.29 is 19.4 Å². The Balaban J connectivity index is 1.69. The van der Waals surface area contributed by atoms with Gasteiger partial charge in [0.15, 0.2) is 5.82 Å². The number of piperazine rings is 1. The summed E-state index contributed by atoms with van der Waals surface area (Å²) in [6.07, 6.45) is -1.07. The third kappa shape index (κ3) is 4.48. The van der Waals surface area contributed by atoms with Crippen molar-refractivity contribution in [1.29, 1.82) is 0 Å². The summed E-state index contributed by atoms with van der Waals surface area (Å²) in [6.45, 7) is 9.33. The maximum Gasteiger partial charge on any atom is 0.252 e. The summed E-state index contributed by atoms with van der Waals surface area (Å²) in [4.78, 5) is 25.6. The Kier molecular flexibility index (Phi) is 5.97. The molecule has 1 aliphatic heterocycles. The number of phenolic OH excluding ortho intramolecular Hbond substituents is 1.